The van der Waals surface area contributed by atoms with Crippen LogP contribution in [-0.2, 0) is 9.47 Å². The number of aromatic nitrogens is 12. The average molecular weight is 1100 g/mol. The molecule has 416 valence electrons. The second-order valence-electron chi connectivity index (χ2n) is 22.9. The third-order valence-corrected chi connectivity index (χ3v) is 15.0. The van der Waals surface area contributed by atoms with Crippen LogP contribution < -0.4 is 20.9 Å². The monoisotopic (exact) mass is 1090 g/mol. The summed E-state index contributed by atoms with van der Waals surface area (Å²) in [5, 5.41) is 24.8. The largest absolute Gasteiger partial charge is 0.444 e. The van der Waals surface area contributed by atoms with Gasteiger partial charge in [0.25, 0.3) is 0 Å². The van der Waals surface area contributed by atoms with Gasteiger partial charge >= 0.3 is 12.2 Å². The number of nitrogens with one attached hydrogen (secondary N) is 1. The van der Waals surface area contributed by atoms with Crippen LogP contribution in [0, 0.1) is 0 Å². The summed E-state index contributed by atoms with van der Waals surface area (Å²) >= 11 is 5.74. The molecular formula is C56H71ClN18O4. The minimum Gasteiger partial charge on any atom is -0.444 e. The molecule has 0 unspecified atom stereocenters. The Bertz CT molecular complexity index is 3420. The van der Waals surface area contributed by atoms with Crippen molar-refractivity contribution in [2.45, 2.75) is 142 Å². The van der Waals surface area contributed by atoms with Crippen LogP contribution in [0.2, 0.25) is 5.15 Å². The Morgan fingerprint density at radius 1 is 0.595 bits per heavy atom. The van der Waals surface area contributed by atoms with Crippen LogP contribution in [0.15, 0.2) is 73.6 Å². The summed E-state index contributed by atoms with van der Waals surface area (Å²) in [5.41, 5.74) is 8.89. The third-order valence-electron chi connectivity index (χ3n) is 14.8. The van der Waals surface area contributed by atoms with Crippen molar-refractivity contribution >= 4 is 97.0 Å². The first-order valence-corrected chi connectivity index (χ1v) is 27.8. The van der Waals surface area contributed by atoms with Crippen LogP contribution in [-0.4, -0.2) is 144 Å². The second-order valence-corrected chi connectivity index (χ2v) is 23.2. The lowest BCUT2D eigenvalue weighted by molar-refractivity contribution is 0.0147. The number of pyridine rings is 2. The van der Waals surface area contributed by atoms with Crippen molar-refractivity contribution in [3.8, 4) is 0 Å². The van der Waals surface area contributed by atoms with Crippen LogP contribution in [0.1, 0.15) is 119 Å². The summed E-state index contributed by atoms with van der Waals surface area (Å²) in [6.45, 7) is 19.1. The molecule has 2 saturated carbocycles. The van der Waals surface area contributed by atoms with E-state index < -0.39 is 11.2 Å². The smallest absolute Gasteiger partial charge is 0.410 e. The summed E-state index contributed by atoms with van der Waals surface area (Å²) in [5.74, 6) is 2.93. The van der Waals surface area contributed by atoms with Gasteiger partial charge in [-0.3, -0.25) is 9.97 Å². The molecule has 10 heterocycles. The molecule has 79 heavy (non-hydrogen) atoms. The van der Waals surface area contributed by atoms with Gasteiger partial charge in [0.2, 0.25) is 11.9 Å². The Morgan fingerprint density at radius 3 is 1.53 bits per heavy atom. The quantitative estimate of drug-likeness (QED) is 0.157. The number of nitrogens with zero attached hydrogens (tertiary/aromatic N) is 16. The van der Waals surface area contributed by atoms with Crippen molar-refractivity contribution in [3.05, 3.63) is 78.7 Å². The van der Waals surface area contributed by atoms with E-state index in [1.165, 1.54) is 38.5 Å². The van der Waals surface area contributed by atoms with Gasteiger partial charge in [-0.25, -0.2) is 19.6 Å². The number of carbonyl (C=O) groups excluding carboxylic acids is 2. The fourth-order valence-corrected chi connectivity index (χ4v) is 11.2. The molecule has 2 saturated heterocycles. The number of anilines is 5. The summed E-state index contributed by atoms with van der Waals surface area (Å²) in [7, 11) is 0. The van der Waals surface area contributed by atoms with E-state index in [0.717, 1.165) is 68.4 Å². The van der Waals surface area contributed by atoms with Crippen LogP contribution in [0.25, 0.3) is 43.9 Å². The Hall–Kier alpha value is -7.75. The lowest BCUT2D eigenvalue weighted by Gasteiger charge is -2.40. The summed E-state index contributed by atoms with van der Waals surface area (Å²) in [6, 6.07) is 12.4. The highest BCUT2D eigenvalue weighted by molar-refractivity contribution is 6.29. The molecule has 0 bridgehead atoms. The van der Waals surface area contributed by atoms with E-state index in [2.05, 4.69) is 69.6 Å². The van der Waals surface area contributed by atoms with Crippen LogP contribution in [0.4, 0.5) is 38.9 Å². The van der Waals surface area contributed by atoms with Crippen molar-refractivity contribution in [3.63, 3.8) is 0 Å². The number of piperazine rings is 2. The SMILES string of the molecule is C[C@@H]1CN(c2ccc(Cl)nn2)CCN1C(=O)OC(C)(C)C.C[C@@H]1CN(c2ccc(Nc3ncc4c5ccncc5n(C5CCCC5)c4n3)nn2)CCN1C(=O)OC(C)(C)C.Nc1ncc2c3ccncc3n(C3CCCC3)c2n1. The maximum absolute atomic E-state index is 12.5. The fraction of sp³-hybridized carbons (Fsp3) is 0.500. The van der Waals surface area contributed by atoms with Crippen molar-refractivity contribution in [2.24, 2.45) is 0 Å². The topological polar surface area (TPSA) is 242 Å². The molecule has 2 aliphatic heterocycles. The molecule has 4 aliphatic rings. The molecule has 4 fully saturated rings. The van der Waals surface area contributed by atoms with Gasteiger partial charge in [0.15, 0.2) is 22.6 Å². The molecule has 2 atom stereocenters. The Morgan fingerprint density at radius 2 is 1.08 bits per heavy atom. The lowest BCUT2D eigenvalue weighted by atomic mass is 10.2. The number of ether oxygens (including phenoxy) is 2. The molecule has 0 spiro atoms. The molecule has 23 heteroatoms. The second kappa shape index (κ2) is 22.9. The molecule has 3 N–H and O–H groups in total. The van der Waals surface area contributed by atoms with Gasteiger partial charge in [0.05, 0.1) is 23.4 Å². The molecule has 8 aromatic heterocycles. The maximum Gasteiger partial charge on any atom is 0.410 e. The Kier molecular flexibility index (Phi) is 15.8. The minimum atomic E-state index is -0.513. The molecule has 22 nitrogen and oxygen atoms in total. The summed E-state index contributed by atoms with van der Waals surface area (Å²) in [6.07, 6.45) is 20.4. The van der Waals surface area contributed by atoms with E-state index in [9.17, 15) is 9.59 Å². The number of fused-ring (bicyclic) bond motifs is 6. The number of nitrogens with two attached hydrogens (primary N) is 1. The highest BCUT2D eigenvalue weighted by Gasteiger charge is 2.33. The highest BCUT2D eigenvalue weighted by Crippen LogP contribution is 2.39. The van der Waals surface area contributed by atoms with E-state index in [1.54, 1.807) is 15.9 Å². The molecule has 0 radical (unpaired) electrons. The molecule has 8 aromatic rings. The van der Waals surface area contributed by atoms with Crippen molar-refractivity contribution in [1.82, 2.24) is 69.2 Å². The van der Waals surface area contributed by atoms with Gasteiger partial charge in [-0.1, -0.05) is 37.3 Å². The van der Waals surface area contributed by atoms with Gasteiger partial charge in [-0.2, -0.15) is 9.97 Å². The first kappa shape index (κ1) is 54.6. The molecule has 2 aliphatic carbocycles. The number of carbonyl (C=O) groups is 2. The van der Waals surface area contributed by atoms with E-state index in [-0.39, 0.29) is 24.3 Å². The number of hydrogen-bond acceptors (Lipinski definition) is 18. The molecule has 12 rings (SSSR count). The highest BCUT2D eigenvalue weighted by atomic mass is 35.5. The zero-order chi connectivity index (χ0) is 55.6. The predicted molar refractivity (Wildman–Crippen MR) is 307 cm³/mol. The van der Waals surface area contributed by atoms with Gasteiger partial charge in [-0.05, 0) is 117 Å². The number of amides is 2. The van der Waals surface area contributed by atoms with E-state index >= 15 is 0 Å². The van der Waals surface area contributed by atoms with E-state index in [1.807, 2.05) is 123 Å². The Balaban J connectivity index is 0.000000148. The summed E-state index contributed by atoms with van der Waals surface area (Å²) in [4.78, 5) is 59.2. The van der Waals surface area contributed by atoms with Gasteiger partial charge < -0.3 is 49.3 Å². The minimum absolute atomic E-state index is 0.00449. The third kappa shape index (κ3) is 12.4. The van der Waals surface area contributed by atoms with Crippen LogP contribution >= 0.6 is 11.6 Å². The Labute approximate surface area is 464 Å². The zero-order valence-corrected chi connectivity index (χ0v) is 47.1. The van der Waals surface area contributed by atoms with Crippen molar-refractivity contribution < 1.29 is 19.1 Å². The van der Waals surface area contributed by atoms with E-state index in [0.29, 0.717) is 74.2 Å². The molecule has 0 aromatic carbocycles. The maximum atomic E-state index is 12.5. The zero-order valence-electron chi connectivity index (χ0n) is 46.4. The summed E-state index contributed by atoms with van der Waals surface area (Å²) < 4.78 is 15.6. The first-order valence-electron chi connectivity index (χ1n) is 27.4. The fourth-order valence-electron chi connectivity index (χ4n) is 11.1. The predicted octanol–water partition coefficient (Wildman–Crippen LogP) is 10.3. The normalized spacial score (nSPS) is 18.4. The lowest BCUT2D eigenvalue weighted by Crippen LogP contribution is -2.55. The number of rotatable bonds is 6. The van der Waals surface area contributed by atoms with Gasteiger partial charge in [0, 0.05) is 110 Å². The number of hydrogen-bond donors (Lipinski definition) is 2. The van der Waals surface area contributed by atoms with Gasteiger partial charge in [0.1, 0.15) is 22.5 Å². The standard InChI is InChI=1S/C28H35N9O2.C14H21ClN4O2.C14H15N5/c1-18-17-35(13-14-36(18)27(38)39-28(2,3)4)24-10-9-23(33-34-24)31-26-30-15-21-20-11-12-29-16-22(20)37(25(21)32-26)19-7-5-6-8-19;1-10-9-18(12-6-5-11(15)16-17-12)7-8-19(10)13(20)21-14(2,3)4;15-14-17-7-11-10-5-6-16-8-12(10)19(13(11)18-14)9-3-1-2-4-9/h9-12,15-16,18-19H,5-8,13-14,17H2,1-4H3,(H,30,31,32,33);5-6,10H,7-9H2,1-4H3;5-9H,1-4H2,(H2,15,17,18)/t18-;10-;/m11./s1. The van der Waals surface area contributed by atoms with E-state index in [4.69, 9.17) is 31.8 Å². The molecule has 2 amide bonds. The number of nitrogen functional groups attached to an aromatic ring is 1. The van der Waals surface area contributed by atoms with Crippen LogP contribution in [0.3, 0.4) is 0 Å². The van der Waals surface area contributed by atoms with Crippen LogP contribution in [0.5, 0.6) is 0 Å². The van der Waals surface area contributed by atoms with Gasteiger partial charge in [-0.15, -0.1) is 20.4 Å². The van der Waals surface area contributed by atoms with Crippen molar-refractivity contribution in [1.29, 1.82) is 0 Å². The molecular weight excluding hydrogens is 1020 g/mol. The first-order chi connectivity index (χ1) is 37.9. The number of halogens is 1. The van der Waals surface area contributed by atoms with Crippen molar-refractivity contribution in [2.75, 3.05) is 60.1 Å². The average Bonchev–Trinajstić information content (AvgIpc) is 4.45.